The van der Waals surface area contributed by atoms with Gasteiger partial charge in [-0.15, -0.1) is 0 Å². The fourth-order valence-electron chi connectivity index (χ4n) is 10.1. The van der Waals surface area contributed by atoms with E-state index in [0.29, 0.717) is 0 Å². The van der Waals surface area contributed by atoms with E-state index in [1.807, 2.05) is 0 Å². The first-order valence-electron chi connectivity index (χ1n) is 11.1. The van der Waals surface area contributed by atoms with Gasteiger partial charge in [0.15, 0.2) is 6.10 Å². The van der Waals surface area contributed by atoms with Crippen molar-refractivity contribution in [1.82, 2.24) is 0 Å². The maximum absolute atomic E-state index is 11.9. The van der Waals surface area contributed by atoms with Gasteiger partial charge in [-0.05, 0) is 113 Å². The molecule has 9 fully saturated rings. The second-order valence-corrected chi connectivity index (χ2v) is 11.7. The number of rotatable bonds is 2. The summed E-state index contributed by atoms with van der Waals surface area (Å²) in [5, 5.41) is 11.9. The van der Waals surface area contributed by atoms with Crippen molar-refractivity contribution in [2.75, 3.05) is 0 Å². The molecule has 8 saturated carbocycles. The standard InChI is InChI=1S/C22H32O3/c23-22(21-10-16-4-17(11-21)6-18(5-16)12-21)19(24-25-22)20-7-13-1-14(8-20)3-15(2-13)9-20/h13-19,23H,1-12H2. The van der Waals surface area contributed by atoms with Crippen LogP contribution in [0.15, 0.2) is 0 Å². The van der Waals surface area contributed by atoms with E-state index in [4.69, 9.17) is 9.78 Å². The van der Waals surface area contributed by atoms with Crippen molar-refractivity contribution in [2.45, 2.75) is 88.9 Å². The second-order valence-electron chi connectivity index (χ2n) is 11.7. The first-order chi connectivity index (χ1) is 12.1. The molecule has 25 heavy (non-hydrogen) atoms. The summed E-state index contributed by atoms with van der Waals surface area (Å²) < 4.78 is 0. The normalized spacial score (nSPS) is 66.8. The number of aliphatic hydroxyl groups is 1. The molecule has 8 aliphatic carbocycles. The molecule has 3 heteroatoms. The van der Waals surface area contributed by atoms with Crippen molar-refractivity contribution in [3.63, 3.8) is 0 Å². The van der Waals surface area contributed by atoms with Crippen molar-refractivity contribution in [3.05, 3.63) is 0 Å². The van der Waals surface area contributed by atoms with Gasteiger partial charge in [-0.2, -0.15) is 4.89 Å². The van der Waals surface area contributed by atoms with Gasteiger partial charge in [0.05, 0.1) is 0 Å². The van der Waals surface area contributed by atoms with E-state index in [-0.39, 0.29) is 16.9 Å². The summed E-state index contributed by atoms with van der Waals surface area (Å²) in [7, 11) is 0. The molecule has 0 aromatic carbocycles. The Labute approximate surface area is 150 Å². The van der Waals surface area contributed by atoms with Crippen LogP contribution in [0.2, 0.25) is 0 Å². The highest BCUT2D eigenvalue weighted by Crippen LogP contribution is 2.71. The van der Waals surface area contributed by atoms with Gasteiger partial charge < -0.3 is 5.11 Å². The molecule has 1 heterocycles. The zero-order valence-electron chi connectivity index (χ0n) is 15.3. The monoisotopic (exact) mass is 344 g/mol. The van der Waals surface area contributed by atoms with E-state index in [1.165, 1.54) is 77.0 Å². The Bertz CT molecular complexity index is 542. The Balaban J connectivity index is 1.26. The van der Waals surface area contributed by atoms with E-state index in [1.54, 1.807) is 0 Å². The molecule has 1 aliphatic heterocycles. The number of hydrogen-bond acceptors (Lipinski definition) is 3. The molecule has 1 saturated heterocycles. The summed E-state index contributed by atoms with van der Waals surface area (Å²) in [6.45, 7) is 0. The molecular weight excluding hydrogens is 312 g/mol. The zero-order valence-corrected chi connectivity index (χ0v) is 15.3. The fourth-order valence-corrected chi connectivity index (χ4v) is 10.1. The van der Waals surface area contributed by atoms with Crippen LogP contribution in [0.4, 0.5) is 0 Å². The molecule has 0 radical (unpaired) electrons. The van der Waals surface area contributed by atoms with Gasteiger partial charge >= 0.3 is 0 Å². The van der Waals surface area contributed by atoms with Crippen LogP contribution < -0.4 is 0 Å². The third-order valence-electron chi connectivity index (χ3n) is 10.1. The van der Waals surface area contributed by atoms with Crippen LogP contribution in [-0.2, 0) is 9.78 Å². The summed E-state index contributed by atoms with van der Waals surface area (Å²) in [5.74, 6) is 4.25. The average molecular weight is 344 g/mol. The SMILES string of the molecule is OC1(C23CC4CC(CC(C4)C2)C3)OOC1C12CC3CC(CC(C3)C1)C2. The lowest BCUT2D eigenvalue weighted by atomic mass is 9.42. The van der Waals surface area contributed by atoms with Crippen molar-refractivity contribution >= 4 is 0 Å². The van der Waals surface area contributed by atoms with Crippen LogP contribution >= 0.6 is 0 Å². The lowest BCUT2D eigenvalue weighted by Crippen LogP contribution is -2.75. The van der Waals surface area contributed by atoms with Gasteiger partial charge in [-0.3, -0.25) is 0 Å². The van der Waals surface area contributed by atoms with Crippen LogP contribution in [0.25, 0.3) is 0 Å². The Morgan fingerprint density at radius 2 is 1.00 bits per heavy atom. The topological polar surface area (TPSA) is 38.7 Å². The molecule has 9 aliphatic rings. The summed E-state index contributed by atoms with van der Waals surface area (Å²) in [5.41, 5.74) is 0.235. The van der Waals surface area contributed by atoms with E-state index in [9.17, 15) is 5.11 Å². The molecule has 0 spiro atoms. The molecule has 8 bridgehead atoms. The van der Waals surface area contributed by atoms with Crippen LogP contribution in [0.1, 0.15) is 77.0 Å². The molecule has 0 aromatic rings. The number of hydrogen-bond donors (Lipinski definition) is 1. The van der Waals surface area contributed by atoms with Gasteiger partial charge in [0, 0.05) is 10.8 Å². The fraction of sp³-hybridized carbons (Fsp3) is 1.00. The van der Waals surface area contributed by atoms with Gasteiger partial charge in [0.2, 0.25) is 5.79 Å². The smallest absolute Gasteiger partial charge is 0.235 e. The molecule has 3 nitrogen and oxygen atoms in total. The Kier molecular flexibility index (Phi) is 2.66. The molecule has 1 N–H and O–H groups in total. The van der Waals surface area contributed by atoms with Crippen molar-refractivity contribution in [1.29, 1.82) is 0 Å². The summed E-state index contributed by atoms with van der Waals surface area (Å²) in [6, 6.07) is 0. The maximum atomic E-state index is 11.9. The van der Waals surface area contributed by atoms with Gasteiger partial charge in [0.1, 0.15) is 0 Å². The first-order valence-corrected chi connectivity index (χ1v) is 11.1. The lowest BCUT2D eigenvalue weighted by Gasteiger charge is -2.69. The first kappa shape index (κ1) is 14.9. The average Bonchev–Trinajstić information content (AvgIpc) is 2.49. The highest BCUT2D eigenvalue weighted by atomic mass is 17.3. The zero-order chi connectivity index (χ0) is 16.4. The van der Waals surface area contributed by atoms with Crippen LogP contribution in [0.3, 0.4) is 0 Å². The minimum atomic E-state index is -0.978. The third kappa shape index (κ3) is 1.75. The Hall–Kier alpha value is -0.120. The second kappa shape index (κ2) is 4.47. The van der Waals surface area contributed by atoms with Crippen molar-refractivity contribution in [3.8, 4) is 0 Å². The van der Waals surface area contributed by atoms with Crippen molar-refractivity contribution in [2.24, 2.45) is 46.3 Å². The van der Waals surface area contributed by atoms with Crippen LogP contribution in [-0.4, -0.2) is 17.0 Å². The predicted molar refractivity (Wildman–Crippen MR) is 92.1 cm³/mol. The molecule has 2 atom stereocenters. The van der Waals surface area contributed by atoms with E-state index < -0.39 is 5.79 Å². The molecule has 0 aromatic heterocycles. The third-order valence-corrected chi connectivity index (χ3v) is 10.1. The largest absolute Gasteiger partial charge is 0.361 e. The van der Waals surface area contributed by atoms with Crippen molar-refractivity contribution < 1.29 is 14.9 Å². The van der Waals surface area contributed by atoms with E-state index in [2.05, 4.69) is 0 Å². The Morgan fingerprint density at radius 3 is 1.36 bits per heavy atom. The quantitative estimate of drug-likeness (QED) is 0.753. The summed E-state index contributed by atoms with van der Waals surface area (Å²) in [4.78, 5) is 11.6. The summed E-state index contributed by atoms with van der Waals surface area (Å²) >= 11 is 0. The van der Waals surface area contributed by atoms with E-state index in [0.717, 1.165) is 35.5 Å². The molecule has 0 amide bonds. The minimum Gasteiger partial charge on any atom is -0.361 e. The molecule has 138 valence electrons. The summed E-state index contributed by atoms with van der Waals surface area (Å²) in [6.07, 6.45) is 16.0. The minimum absolute atomic E-state index is 0.00793. The highest BCUT2D eigenvalue weighted by Gasteiger charge is 2.74. The van der Waals surface area contributed by atoms with Gasteiger partial charge in [0.25, 0.3) is 0 Å². The molecule has 2 unspecified atom stereocenters. The molecule has 9 rings (SSSR count). The van der Waals surface area contributed by atoms with Crippen LogP contribution in [0, 0.1) is 46.3 Å². The van der Waals surface area contributed by atoms with Gasteiger partial charge in [-0.25, -0.2) is 4.89 Å². The lowest BCUT2D eigenvalue weighted by molar-refractivity contribution is -0.615. The Morgan fingerprint density at radius 1 is 0.600 bits per heavy atom. The molecular formula is C22H32O3. The highest BCUT2D eigenvalue weighted by molar-refractivity contribution is 5.16. The van der Waals surface area contributed by atoms with Gasteiger partial charge in [-0.1, -0.05) is 0 Å². The van der Waals surface area contributed by atoms with Crippen LogP contribution in [0.5, 0.6) is 0 Å². The van der Waals surface area contributed by atoms with E-state index >= 15 is 0 Å². The maximum Gasteiger partial charge on any atom is 0.235 e. The predicted octanol–water partition coefficient (Wildman–Crippen LogP) is 4.44.